The van der Waals surface area contributed by atoms with Crippen LogP contribution in [0, 0.1) is 5.92 Å². The normalized spacial score (nSPS) is 28.4. The molecule has 0 fully saturated rings. The molecule has 1 aromatic rings. The van der Waals surface area contributed by atoms with Crippen LogP contribution in [0.2, 0.25) is 0 Å². The van der Waals surface area contributed by atoms with Crippen LogP contribution in [0.3, 0.4) is 0 Å². The fraction of sp³-hybridized carbons (Fsp3) is 0.400. The minimum absolute atomic E-state index is 0.155. The third-order valence-corrected chi connectivity index (χ3v) is 4.13. The standard InChI is InChI=1S/C15H17NO2/c1-2-9-5-3-7-11-10-6-4-8-12(10)14(15(17)18)16-13(9)11/h3-7,10,12,14,16H,2,8H2,1H3,(H,17,18)/t10-,12+,14-/m1/s1. The Morgan fingerprint density at radius 3 is 3.06 bits per heavy atom. The molecule has 0 saturated carbocycles. The number of fused-ring (bicyclic) bond motifs is 3. The van der Waals surface area contributed by atoms with E-state index in [1.807, 2.05) is 0 Å². The highest BCUT2D eigenvalue weighted by molar-refractivity contribution is 5.81. The summed E-state index contributed by atoms with van der Waals surface area (Å²) in [5.41, 5.74) is 3.50. The Balaban J connectivity index is 2.11. The number of aliphatic carboxylic acids is 1. The summed E-state index contributed by atoms with van der Waals surface area (Å²) in [6.45, 7) is 2.10. The van der Waals surface area contributed by atoms with E-state index in [2.05, 4.69) is 42.6 Å². The van der Waals surface area contributed by atoms with Crippen molar-refractivity contribution in [3.63, 3.8) is 0 Å². The summed E-state index contributed by atoms with van der Waals surface area (Å²) < 4.78 is 0. The number of carboxylic acid groups (broad SMARTS) is 1. The highest BCUT2D eigenvalue weighted by Gasteiger charge is 2.41. The van der Waals surface area contributed by atoms with Crippen molar-refractivity contribution in [2.75, 3.05) is 5.32 Å². The Bertz CT molecular complexity index is 521. The molecule has 3 heteroatoms. The number of allylic oxidation sites excluding steroid dienone is 2. The van der Waals surface area contributed by atoms with Crippen LogP contribution in [0.15, 0.2) is 30.4 Å². The zero-order valence-corrected chi connectivity index (χ0v) is 10.4. The lowest BCUT2D eigenvalue weighted by Crippen LogP contribution is -2.42. The molecule has 3 nitrogen and oxygen atoms in total. The van der Waals surface area contributed by atoms with Gasteiger partial charge >= 0.3 is 5.97 Å². The number of aryl methyl sites for hydroxylation is 1. The van der Waals surface area contributed by atoms with E-state index in [9.17, 15) is 9.90 Å². The van der Waals surface area contributed by atoms with Crippen LogP contribution < -0.4 is 5.32 Å². The lowest BCUT2D eigenvalue weighted by molar-refractivity contribution is -0.139. The highest BCUT2D eigenvalue weighted by atomic mass is 16.4. The van der Waals surface area contributed by atoms with Crippen LogP contribution in [-0.2, 0) is 11.2 Å². The molecule has 0 bridgehead atoms. The van der Waals surface area contributed by atoms with Crippen molar-refractivity contribution in [1.29, 1.82) is 0 Å². The number of rotatable bonds is 2. The van der Waals surface area contributed by atoms with Gasteiger partial charge in [0.15, 0.2) is 0 Å². The second-order valence-electron chi connectivity index (χ2n) is 5.05. The van der Waals surface area contributed by atoms with Crippen LogP contribution in [0.25, 0.3) is 0 Å². The maximum atomic E-state index is 11.4. The van der Waals surface area contributed by atoms with Gasteiger partial charge in [0.25, 0.3) is 0 Å². The van der Waals surface area contributed by atoms with Gasteiger partial charge < -0.3 is 10.4 Å². The molecule has 2 N–H and O–H groups in total. The molecular weight excluding hydrogens is 226 g/mol. The first kappa shape index (κ1) is 11.3. The zero-order chi connectivity index (χ0) is 12.7. The van der Waals surface area contributed by atoms with Crippen LogP contribution in [-0.4, -0.2) is 17.1 Å². The largest absolute Gasteiger partial charge is 0.480 e. The first-order chi connectivity index (χ1) is 8.72. The van der Waals surface area contributed by atoms with Gasteiger partial charge in [-0.25, -0.2) is 4.79 Å². The molecule has 0 unspecified atom stereocenters. The van der Waals surface area contributed by atoms with E-state index < -0.39 is 12.0 Å². The number of hydrogen-bond acceptors (Lipinski definition) is 2. The first-order valence-electron chi connectivity index (χ1n) is 6.50. The smallest absolute Gasteiger partial charge is 0.326 e. The summed E-state index contributed by atoms with van der Waals surface area (Å²) in [6.07, 6.45) is 6.05. The van der Waals surface area contributed by atoms with Crippen LogP contribution in [0.1, 0.15) is 30.4 Å². The Hall–Kier alpha value is -1.77. The van der Waals surface area contributed by atoms with Crippen molar-refractivity contribution < 1.29 is 9.90 Å². The number of carbonyl (C=O) groups is 1. The van der Waals surface area contributed by atoms with Crippen molar-refractivity contribution in [3.05, 3.63) is 41.5 Å². The second-order valence-corrected chi connectivity index (χ2v) is 5.05. The maximum Gasteiger partial charge on any atom is 0.326 e. The highest BCUT2D eigenvalue weighted by Crippen LogP contribution is 2.45. The third-order valence-electron chi connectivity index (χ3n) is 4.13. The van der Waals surface area contributed by atoms with Gasteiger partial charge in [0.2, 0.25) is 0 Å². The average molecular weight is 243 g/mol. The van der Waals surface area contributed by atoms with Gasteiger partial charge in [-0.05, 0) is 24.0 Å². The zero-order valence-electron chi connectivity index (χ0n) is 10.4. The van der Waals surface area contributed by atoms with Gasteiger partial charge in [-0.2, -0.15) is 0 Å². The molecule has 3 atom stereocenters. The Kier molecular flexibility index (Phi) is 2.62. The van der Waals surface area contributed by atoms with Gasteiger partial charge in [-0.15, -0.1) is 0 Å². The molecule has 0 spiro atoms. The molecule has 0 saturated heterocycles. The summed E-state index contributed by atoms with van der Waals surface area (Å²) in [4.78, 5) is 11.4. The van der Waals surface area contributed by atoms with Gasteiger partial charge in [-0.1, -0.05) is 37.3 Å². The fourth-order valence-electron chi connectivity index (χ4n) is 3.23. The van der Waals surface area contributed by atoms with Crippen LogP contribution >= 0.6 is 0 Å². The predicted molar refractivity (Wildman–Crippen MR) is 70.9 cm³/mol. The van der Waals surface area contributed by atoms with Crippen LogP contribution in [0.4, 0.5) is 5.69 Å². The molecule has 1 aliphatic heterocycles. The Morgan fingerprint density at radius 1 is 1.50 bits per heavy atom. The minimum Gasteiger partial charge on any atom is -0.480 e. The summed E-state index contributed by atoms with van der Waals surface area (Å²) in [5, 5.41) is 12.6. The molecule has 3 rings (SSSR count). The Labute approximate surface area is 107 Å². The quantitative estimate of drug-likeness (QED) is 0.785. The van der Waals surface area contributed by atoms with Crippen molar-refractivity contribution in [2.24, 2.45) is 5.92 Å². The number of anilines is 1. The van der Waals surface area contributed by atoms with Crippen molar-refractivity contribution in [1.82, 2.24) is 0 Å². The average Bonchev–Trinajstić information content (AvgIpc) is 2.86. The molecule has 0 radical (unpaired) electrons. The summed E-state index contributed by atoms with van der Waals surface area (Å²) >= 11 is 0. The minimum atomic E-state index is -0.745. The van der Waals surface area contributed by atoms with Gasteiger partial charge in [0.05, 0.1) is 0 Å². The number of benzene rings is 1. The molecule has 18 heavy (non-hydrogen) atoms. The summed E-state index contributed by atoms with van der Waals surface area (Å²) in [6, 6.07) is 5.80. The summed E-state index contributed by atoms with van der Waals surface area (Å²) in [5.74, 6) is -0.332. The summed E-state index contributed by atoms with van der Waals surface area (Å²) in [7, 11) is 0. The molecule has 94 valence electrons. The number of para-hydroxylation sites is 1. The lowest BCUT2D eigenvalue weighted by Gasteiger charge is -2.35. The molecule has 1 aromatic carbocycles. The second kappa shape index (κ2) is 4.16. The topological polar surface area (TPSA) is 49.3 Å². The molecule has 0 amide bonds. The van der Waals surface area contributed by atoms with E-state index in [-0.39, 0.29) is 11.8 Å². The van der Waals surface area contributed by atoms with Gasteiger partial charge in [0, 0.05) is 17.5 Å². The molecule has 1 heterocycles. The number of nitrogens with one attached hydrogen (secondary N) is 1. The number of hydrogen-bond donors (Lipinski definition) is 2. The molecular formula is C15H17NO2. The van der Waals surface area contributed by atoms with Crippen molar-refractivity contribution >= 4 is 11.7 Å². The predicted octanol–water partition coefficient (Wildman–Crippen LogP) is 2.79. The number of carboxylic acids is 1. The SMILES string of the molecule is CCc1cccc2c1N[C@@H](C(=O)O)[C@H]1CC=C[C@H]21. The van der Waals surface area contributed by atoms with Gasteiger partial charge in [-0.3, -0.25) is 0 Å². The maximum absolute atomic E-state index is 11.4. The van der Waals surface area contributed by atoms with E-state index in [0.29, 0.717) is 0 Å². The van der Waals surface area contributed by atoms with E-state index >= 15 is 0 Å². The lowest BCUT2D eigenvalue weighted by atomic mass is 9.78. The molecule has 2 aliphatic rings. The van der Waals surface area contributed by atoms with Crippen molar-refractivity contribution in [2.45, 2.75) is 31.7 Å². The van der Waals surface area contributed by atoms with Gasteiger partial charge in [0.1, 0.15) is 6.04 Å². The monoisotopic (exact) mass is 243 g/mol. The van der Waals surface area contributed by atoms with E-state index in [1.54, 1.807) is 0 Å². The molecule has 0 aromatic heterocycles. The van der Waals surface area contributed by atoms with E-state index in [0.717, 1.165) is 18.5 Å². The first-order valence-corrected chi connectivity index (χ1v) is 6.50. The Morgan fingerprint density at radius 2 is 2.33 bits per heavy atom. The van der Waals surface area contributed by atoms with Crippen LogP contribution in [0.5, 0.6) is 0 Å². The third kappa shape index (κ3) is 1.54. The van der Waals surface area contributed by atoms with E-state index in [1.165, 1.54) is 11.1 Å². The molecule has 1 aliphatic carbocycles. The van der Waals surface area contributed by atoms with Crippen molar-refractivity contribution in [3.8, 4) is 0 Å². The van der Waals surface area contributed by atoms with E-state index in [4.69, 9.17) is 0 Å². The fourth-order valence-corrected chi connectivity index (χ4v) is 3.23.